The maximum atomic E-state index is 8.44. The average Bonchev–Trinajstić information content (AvgIpc) is 3.10. The van der Waals surface area contributed by atoms with Crippen LogP contribution in [0.25, 0.3) is 5.57 Å². The summed E-state index contributed by atoms with van der Waals surface area (Å²) in [6.45, 7) is 9.63. The highest BCUT2D eigenvalue weighted by molar-refractivity contribution is 6.74. The Kier molecular flexibility index (Phi) is 8.00. The lowest BCUT2D eigenvalue weighted by Gasteiger charge is -2.23. The second kappa shape index (κ2) is 11.2. The van der Waals surface area contributed by atoms with Crippen LogP contribution in [-0.4, -0.2) is 24.6 Å². The van der Waals surface area contributed by atoms with Gasteiger partial charge >= 0.3 is 0 Å². The number of allylic oxidation sites excluding steroid dienone is 4. The van der Waals surface area contributed by atoms with Crippen LogP contribution in [0.5, 0.6) is 0 Å². The van der Waals surface area contributed by atoms with Gasteiger partial charge in [0.2, 0.25) is 0 Å². The minimum Gasteiger partial charge on any atom is -0.282 e. The smallest absolute Gasteiger partial charge is 0.176 e. The highest BCUT2D eigenvalue weighted by Gasteiger charge is 2.40. The Labute approximate surface area is 211 Å². The number of aliphatic imine (C=N–C) groups is 2. The number of rotatable bonds is 4. The van der Waals surface area contributed by atoms with Gasteiger partial charge in [-0.25, -0.2) is 9.98 Å². The molecule has 1 aliphatic heterocycles. The van der Waals surface area contributed by atoms with Gasteiger partial charge in [0.25, 0.3) is 0 Å². The largest absolute Gasteiger partial charge is 0.282 e. The van der Waals surface area contributed by atoms with E-state index in [4.69, 9.17) is 5.41 Å². The van der Waals surface area contributed by atoms with E-state index in [2.05, 4.69) is 85.4 Å². The van der Waals surface area contributed by atoms with Crippen LogP contribution in [0.3, 0.4) is 0 Å². The minimum absolute atomic E-state index is 0.244. The molecule has 1 saturated heterocycles. The van der Waals surface area contributed by atoms with Crippen molar-refractivity contribution in [3.63, 3.8) is 0 Å². The van der Waals surface area contributed by atoms with Crippen molar-refractivity contribution in [2.45, 2.75) is 66.0 Å². The van der Waals surface area contributed by atoms with Crippen LogP contribution in [0.2, 0.25) is 12.6 Å². The summed E-state index contributed by atoms with van der Waals surface area (Å²) in [7, 11) is 0. The van der Waals surface area contributed by atoms with E-state index >= 15 is 0 Å². The van der Waals surface area contributed by atoms with Gasteiger partial charge < -0.3 is 0 Å². The van der Waals surface area contributed by atoms with Crippen molar-refractivity contribution in [2.24, 2.45) is 21.3 Å². The highest BCUT2D eigenvalue weighted by Crippen LogP contribution is 2.43. The molecule has 1 unspecified atom stereocenters. The first kappa shape index (κ1) is 25.1. The van der Waals surface area contributed by atoms with E-state index in [1.54, 1.807) is 0 Å². The number of nitrogens with zero attached hydrogens (tertiary/aromatic N) is 2. The lowest BCUT2D eigenvalue weighted by Crippen LogP contribution is -2.28. The maximum absolute atomic E-state index is 8.44. The number of amidine groups is 2. The van der Waals surface area contributed by atoms with Gasteiger partial charge in [0.05, 0.1) is 0 Å². The molecule has 1 fully saturated rings. The molecule has 1 heterocycles. The molecular weight excluding hydrogens is 425 g/mol. The van der Waals surface area contributed by atoms with Crippen molar-refractivity contribution in [3.8, 4) is 0 Å². The van der Waals surface area contributed by atoms with Crippen molar-refractivity contribution in [1.29, 1.82) is 5.41 Å². The molecule has 0 spiro atoms. The van der Waals surface area contributed by atoms with Crippen LogP contribution in [-0.2, 0) is 0 Å². The number of hydrogen-bond acceptors (Lipinski definition) is 1. The summed E-state index contributed by atoms with van der Waals surface area (Å²) in [6.07, 6.45) is 15.7. The predicted molar refractivity (Wildman–Crippen MR) is 154 cm³/mol. The number of benzene rings is 2. The van der Waals surface area contributed by atoms with Crippen LogP contribution in [0.15, 0.2) is 76.7 Å². The van der Waals surface area contributed by atoms with Crippen LogP contribution in [0, 0.1) is 16.7 Å². The molecule has 0 amide bonds. The standard InChI is InChI=1S/C31H38BN3/c1-23-20-32(22-31(23,3)4)29-14-10-11-25(19-29)21-34-24(2)35-30(33)28-17-15-27(16-18-28)26-12-8-6-5-7-9-13-26/h6,8,10-12,14-19,21,23,33H,5,7,9,13,20,22H2,1-4H3/b8-6-,26-12+,33-30?,34-21?,35-24?. The monoisotopic (exact) mass is 463 g/mol. The fourth-order valence-corrected chi connectivity index (χ4v) is 5.26. The minimum atomic E-state index is 0.244. The van der Waals surface area contributed by atoms with Crippen molar-refractivity contribution < 1.29 is 0 Å². The van der Waals surface area contributed by atoms with Gasteiger partial charge in [-0.05, 0) is 60.6 Å². The van der Waals surface area contributed by atoms with E-state index in [9.17, 15) is 0 Å². The Morgan fingerprint density at radius 1 is 1.11 bits per heavy atom. The van der Waals surface area contributed by atoms with Gasteiger partial charge in [0, 0.05) is 11.8 Å². The molecule has 1 N–H and O–H groups in total. The van der Waals surface area contributed by atoms with E-state index < -0.39 is 0 Å². The first-order chi connectivity index (χ1) is 16.8. The highest BCUT2D eigenvalue weighted by atomic mass is 14.9. The third-order valence-corrected chi connectivity index (χ3v) is 7.83. The fourth-order valence-electron chi connectivity index (χ4n) is 5.26. The molecule has 1 atom stereocenters. The van der Waals surface area contributed by atoms with Gasteiger partial charge in [-0.2, -0.15) is 0 Å². The first-order valence-electron chi connectivity index (χ1n) is 13.1. The molecule has 4 rings (SSSR count). The SMILES string of the molecule is CC(N=Cc1cccc(B2CC(C)C(C)(C)C2)c1)=NC(=N)c1ccc(/C2=C/C=C\CCCC2)cc1. The van der Waals surface area contributed by atoms with Crippen molar-refractivity contribution in [1.82, 2.24) is 0 Å². The molecule has 2 aliphatic rings. The van der Waals surface area contributed by atoms with Gasteiger partial charge in [-0.1, -0.05) is 106 Å². The van der Waals surface area contributed by atoms with Gasteiger partial charge in [0.15, 0.2) is 12.5 Å². The van der Waals surface area contributed by atoms with Crippen LogP contribution in [0.1, 0.15) is 70.1 Å². The zero-order chi connectivity index (χ0) is 24.8. The first-order valence-corrected chi connectivity index (χ1v) is 13.1. The summed E-state index contributed by atoms with van der Waals surface area (Å²) in [4.78, 5) is 8.99. The summed E-state index contributed by atoms with van der Waals surface area (Å²) in [5.74, 6) is 1.58. The van der Waals surface area contributed by atoms with Crippen LogP contribution < -0.4 is 5.46 Å². The lowest BCUT2D eigenvalue weighted by molar-refractivity contribution is 0.306. The third kappa shape index (κ3) is 6.57. The second-order valence-corrected chi connectivity index (χ2v) is 10.9. The molecule has 180 valence electrons. The molecule has 0 aromatic heterocycles. The van der Waals surface area contributed by atoms with Crippen molar-refractivity contribution in [3.05, 3.63) is 83.4 Å². The van der Waals surface area contributed by atoms with Crippen molar-refractivity contribution in [2.75, 3.05) is 0 Å². The third-order valence-electron chi connectivity index (χ3n) is 7.83. The molecule has 4 heteroatoms. The maximum Gasteiger partial charge on any atom is 0.176 e. The molecule has 2 aromatic rings. The Hall–Kier alpha value is -3.01. The average molecular weight is 463 g/mol. The molecule has 0 radical (unpaired) electrons. The Bertz CT molecular complexity index is 1170. The summed E-state index contributed by atoms with van der Waals surface area (Å²) in [6, 6.07) is 16.9. The zero-order valence-corrected chi connectivity index (χ0v) is 21.7. The van der Waals surface area contributed by atoms with E-state index in [0.717, 1.165) is 23.5 Å². The molecule has 0 saturated carbocycles. The summed E-state index contributed by atoms with van der Waals surface area (Å²) < 4.78 is 0. The molecule has 3 nitrogen and oxygen atoms in total. The van der Waals surface area contributed by atoms with Gasteiger partial charge in [-0.15, -0.1) is 0 Å². The lowest BCUT2D eigenvalue weighted by atomic mass is 9.42. The number of nitrogens with one attached hydrogen (secondary N) is 1. The number of hydrogen-bond donors (Lipinski definition) is 1. The van der Waals surface area contributed by atoms with E-state index in [-0.39, 0.29) is 5.84 Å². The Balaban J connectivity index is 1.41. The van der Waals surface area contributed by atoms with Crippen LogP contribution in [0.4, 0.5) is 0 Å². The fraction of sp³-hybridized carbons (Fsp3) is 0.387. The zero-order valence-electron chi connectivity index (χ0n) is 21.7. The predicted octanol–water partition coefficient (Wildman–Crippen LogP) is 7.44. The molecule has 1 aliphatic carbocycles. The summed E-state index contributed by atoms with van der Waals surface area (Å²) >= 11 is 0. The topological polar surface area (TPSA) is 48.6 Å². The molecular formula is C31H38BN3. The van der Waals surface area contributed by atoms with Crippen molar-refractivity contribution >= 4 is 35.6 Å². The quantitative estimate of drug-likeness (QED) is 0.278. The molecule has 2 aromatic carbocycles. The normalized spacial score (nSPS) is 23.0. The van der Waals surface area contributed by atoms with Gasteiger partial charge in [-0.3, -0.25) is 5.41 Å². The molecule has 35 heavy (non-hydrogen) atoms. The second-order valence-electron chi connectivity index (χ2n) is 10.9. The summed E-state index contributed by atoms with van der Waals surface area (Å²) in [5, 5.41) is 8.44. The van der Waals surface area contributed by atoms with E-state index in [0.29, 0.717) is 18.0 Å². The molecule has 0 bridgehead atoms. The Morgan fingerprint density at radius 3 is 2.66 bits per heavy atom. The van der Waals surface area contributed by atoms with Gasteiger partial charge in [0.1, 0.15) is 5.84 Å². The Morgan fingerprint density at radius 2 is 1.91 bits per heavy atom. The summed E-state index contributed by atoms with van der Waals surface area (Å²) in [5.41, 5.74) is 6.30. The van der Waals surface area contributed by atoms with E-state index in [1.165, 1.54) is 48.5 Å². The van der Waals surface area contributed by atoms with E-state index in [1.807, 2.05) is 25.3 Å². The van der Waals surface area contributed by atoms with Crippen LogP contribution >= 0.6 is 0 Å².